The molecule has 2 rings (SSSR count). The van der Waals surface area contributed by atoms with Crippen LogP contribution in [0.4, 0.5) is 17.3 Å². The van der Waals surface area contributed by atoms with E-state index in [1.54, 1.807) is 12.1 Å². The summed E-state index contributed by atoms with van der Waals surface area (Å²) in [5.74, 6) is -0.925. The van der Waals surface area contributed by atoms with E-state index in [4.69, 9.17) is 28.8 Å². The molecule has 0 aliphatic rings. The van der Waals surface area contributed by atoms with Gasteiger partial charge in [-0.3, -0.25) is 19.9 Å². The zero-order valence-corrected chi connectivity index (χ0v) is 24.2. The predicted molar refractivity (Wildman–Crippen MR) is 162 cm³/mol. The van der Waals surface area contributed by atoms with Gasteiger partial charge in [-0.2, -0.15) is 0 Å². The highest BCUT2D eigenvalue weighted by atomic mass is 35.5. The lowest BCUT2D eigenvalue weighted by Crippen LogP contribution is -2.38. The van der Waals surface area contributed by atoms with Gasteiger partial charge in [0.2, 0.25) is 6.41 Å². The Labute approximate surface area is 245 Å². The van der Waals surface area contributed by atoms with Crippen LogP contribution in [-0.4, -0.2) is 57.6 Å². The number of nitrogen functional groups attached to an aromatic ring is 2. The van der Waals surface area contributed by atoms with E-state index in [2.05, 4.69) is 37.8 Å². The molecule has 0 saturated heterocycles. The van der Waals surface area contributed by atoms with Crippen molar-refractivity contribution in [1.82, 2.24) is 20.6 Å². The number of nitrogens with two attached hydrogens (primary N) is 3. The number of nitrogens with one attached hydrogen (secondary N) is 3. The topological polar surface area (TPSA) is 227 Å². The van der Waals surface area contributed by atoms with Crippen molar-refractivity contribution in [2.45, 2.75) is 76.9 Å². The Kier molecular flexibility index (Phi) is 14.6. The number of aliphatic hydroxyl groups is 1. The van der Waals surface area contributed by atoms with E-state index in [1.165, 1.54) is 18.9 Å². The summed E-state index contributed by atoms with van der Waals surface area (Å²) in [5.41, 5.74) is 17.7. The first kappa shape index (κ1) is 33.5. The number of unbranched alkanes of at least 4 members (excludes halogenated alkanes) is 7. The fourth-order valence-electron chi connectivity index (χ4n) is 4.12. The van der Waals surface area contributed by atoms with E-state index in [9.17, 15) is 19.8 Å². The molecule has 1 aromatic heterocycles. The number of aromatic nitrogens is 2. The van der Waals surface area contributed by atoms with Crippen LogP contribution in [-0.2, 0) is 4.79 Å². The normalized spacial score (nSPS) is 13.0. The van der Waals surface area contributed by atoms with Crippen molar-refractivity contribution in [3.63, 3.8) is 0 Å². The second-order valence-electron chi connectivity index (χ2n) is 9.84. The van der Waals surface area contributed by atoms with Crippen molar-refractivity contribution in [2.24, 2.45) is 10.7 Å². The summed E-state index contributed by atoms with van der Waals surface area (Å²) in [6, 6.07) is 4.92. The molecule has 11 N–H and O–H groups in total. The number of amides is 2. The van der Waals surface area contributed by atoms with Crippen LogP contribution < -0.4 is 33.2 Å². The number of phenols is 1. The van der Waals surface area contributed by atoms with Crippen LogP contribution in [0.3, 0.4) is 0 Å². The highest BCUT2D eigenvalue weighted by Gasteiger charge is 2.16. The van der Waals surface area contributed by atoms with Gasteiger partial charge in [0.05, 0.1) is 11.8 Å². The quantitative estimate of drug-likeness (QED) is 0.0415. The second-order valence-corrected chi connectivity index (χ2v) is 10.2. The van der Waals surface area contributed by atoms with Gasteiger partial charge < -0.3 is 38.0 Å². The lowest BCUT2D eigenvalue weighted by atomic mass is 10.0. The number of carbonyl (C=O) groups is 2. The first-order chi connectivity index (χ1) is 19.6. The third-order valence-corrected chi connectivity index (χ3v) is 6.75. The summed E-state index contributed by atoms with van der Waals surface area (Å²) in [5, 5.41) is 28.2. The summed E-state index contributed by atoms with van der Waals surface area (Å²) < 4.78 is 0. The van der Waals surface area contributed by atoms with E-state index in [0.717, 1.165) is 44.9 Å². The maximum absolute atomic E-state index is 12.2. The van der Waals surface area contributed by atoms with Crippen LogP contribution in [0.25, 0.3) is 0 Å². The van der Waals surface area contributed by atoms with Crippen LogP contribution in [0.15, 0.2) is 23.2 Å². The first-order valence-corrected chi connectivity index (χ1v) is 14.1. The van der Waals surface area contributed by atoms with E-state index in [0.29, 0.717) is 25.1 Å². The van der Waals surface area contributed by atoms with Gasteiger partial charge in [-0.05, 0) is 37.5 Å². The Hall–Kier alpha value is -3.68. The molecule has 226 valence electrons. The number of aliphatic imine (C=N–C) groups is 1. The van der Waals surface area contributed by atoms with Gasteiger partial charge in [-0.15, -0.1) is 0 Å². The minimum Gasteiger partial charge on any atom is -0.506 e. The van der Waals surface area contributed by atoms with E-state index < -0.39 is 12.0 Å². The fourth-order valence-corrected chi connectivity index (χ4v) is 4.25. The molecule has 14 heteroatoms. The smallest absolute Gasteiger partial charge is 0.280 e. The third kappa shape index (κ3) is 12.2. The monoisotopic (exact) mass is 591 g/mol. The summed E-state index contributed by atoms with van der Waals surface area (Å²) in [4.78, 5) is 34.6. The Morgan fingerprint density at radius 2 is 1.73 bits per heavy atom. The highest BCUT2D eigenvalue weighted by molar-refractivity contribution is 6.31. The lowest BCUT2D eigenvalue weighted by Gasteiger charge is -2.18. The molecular formula is C27H42ClN9O4. The van der Waals surface area contributed by atoms with Gasteiger partial charge in [-0.25, -0.2) is 9.97 Å². The molecule has 2 aromatic rings. The third-order valence-electron chi connectivity index (χ3n) is 6.47. The molecule has 0 fully saturated rings. The second kappa shape index (κ2) is 17.9. The van der Waals surface area contributed by atoms with Crippen LogP contribution >= 0.6 is 11.6 Å². The molecule has 0 saturated carbocycles. The van der Waals surface area contributed by atoms with Gasteiger partial charge in [0.15, 0.2) is 28.4 Å². The Balaban J connectivity index is 1.49. The van der Waals surface area contributed by atoms with E-state index >= 15 is 0 Å². The molecule has 0 aliphatic carbocycles. The van der Waals surface area contributed by atoms with Crippen molar-refractivity contribution >= 4 is 47.2 Å². The number of aliphatic hydroxyl groups excluding tert-OH is 1. The number of benzene rings is 1. The van der Waals surface area contributed by atoms with Crippen LogP contribution in [0.5, 0.6) is 5.75 Å². The largest absolute Gasteiger partial charge is 0.506 e. The lowest BCUT2D eigenvalue weighted by molar-refractivity contribution is -0.105. The molecule has 0 unspecified atom stereocenters. The molecule has 0 spiro atoms. The number of nitrogens with zero attached hydrogens (tertiary/aromatic N) is 3. The Bertz CT molecular complexity index is 1170. The minimum atomic E-state index is -0.741. The zero-order chi connectivity index (χ0) is 30.2. The molecule has 2 amide bonds. The average Bonchev–Trinajstić information content (AvgIpc) is 2.93. The first-order valence-electron chi connectivity index (χ1n) is 13.8. The van der Waals surface area contributed by atoms with Crippen LogP contribution in [0, 0.1) is 0 Å². The maximum atomic E-state index is 12.2. The van der Waals surface area contributed by atoms with Crippen molar-refractivity contribution in [3.8, 4) is 5.75 Å². The molecule has 0 radical (unpaired) electrons. The van der Waals surface area contributed by atoms with Gasteiger partial charge in [0.25, 0.3) is 5.91 Å². The number of halogens is 1. The van der Waals surface area contributed by atoms with Gasteiger partial charge in [0, 0.05) is 19.1 Å². The fraction of sp³-hybridized carbons (Fsp3) is 0.519. The zero-order valence-electron chi connectivity index (χ0n) is 23.4. The molecule has 2 atom stereocenters. The molecule has 41 heavy (non-hydrogen) atoms. The standard InChI is InChI=1S/C27H42ClN9O4/c1-17(33-15-21(40)18-11-12-20(39)19(14-18)34-16-38)10-8-6-4-2-3-5-7-9-13-32-27(31)37-26(41)22-24(29)36-25(30)23(28)35-22/h11-12,14,16-17,21,33,39-40H,2-10,13,15H2,1H3,(H,34,38)(H4,29,30,36)(H3,31,32,37,41)/t17-,21-/m1/s1. The average molecular weight is 592 g/mol. The van der Waals surface area contributed by atoms with Crippen LogP contribution in [0.2, 0.25) is 5.15 Å². The molecule has 1 aromatic carbocycles. The van der Waals surface area contributed by atoms with E-state index in [-0.39, 0.29) is 45.9 Å². The SMILES string of the molecule is C[C@H](CCCCCCCCCCN=C(N)NC(=O)c1nc(Cl)c(N)nc1N)NC[C@@H](O)c1ccc(O)c(NC=O)c1. The number of anilines is 3. The van der Waals surface area contributed by atoms with Crippen molar-refractivity contribution < 1.29 is 19.8 Å². The van der Waals surface area contributed by atoms with Crippen LogP contribution in [0.1, 0.15) is 86.9 Å². The number of rotatable bonds is 18. The minimum absolute atomic E-state index is 0.0243. The predicted octanol–water partition coefficient (Wildman–Crippen LogP) is 2.84. The molecule has 13 nitrogen and oxygen atoms in total. The van der Waals surface area contributed by atoms with Gasteiger partial charge in [0.1, 0.15) is 5.75 Å². The number of hydrogen-bond acceptors (Lipinski definition) is 10. The van der Waals surface area contributed by atoms with Gasteiger partial charge >= 0.3 is 0 Å². The summed E-state index contributed by atoms with van der Waals surface area (Å²) >= 11 is 5.79. The maximum Gasteiger partial charge on any atom is 0.280 e. The van der Waals surface area contributed by atoms with Gasteiger partial charge in [-0.1, -0.05) is 62.6 Å². The molecular weight excluding hydrogens is 550 g/mol. The number of hydrogen-bond donors (Lipinski definition) is 8. The van der Waals surface area contributed by atoms with Crippen molar-refractivity contribution in [2.75, 3.05) is 29.9 Å². The highest BCUT2D eigenvalue weighted by Crippen LogP contribution is 2.26. The number of carbonyl (C=O) groups excluding carboxylic acids is 2. The van der Waals surface area contributed by atoms with Crippen molar-refractivity contribution in [3.05, 3.63) is 34.6 Å². The molecule has 0 bridgehead atoms. The summed E-state index contributed by atoms with van der Waals surface area (Å²) in [6.07, 6.45) is 9.51. The van der Waals surface area contributed by atoms with Crippen molar-refractivity contribution in [1.29, 1.82) is 0 Å². The molecule has 0 aliphatic heterocycles. The Morgan fingerprint density at radius 1 is 1.07 bits per heavy atom. The van der Waals surface area contributed by atoms with E-state index in [1.807, 2.05) is 0 Å². The number of phenolic OH excluding ortho intramolecular Hbond substituents is 1. The summed E-state index contributed by atoms with van der Waals surface area (Å²) in [6.45, 7) is 2.98. The summed E-state index contributed by atoms with van der Waals surface area (Å²) in [7, 11) is 0. The molecule has 1 heterocycles. The number of guanidine groups is 1. The number of aromatic hydroxyl groups is 1. The Morgan fingerprint density at radius 3 is 2.41 bits per heavy atom.